The van der Waals surface area contributed by atoms with E-state index in [0.29, 0.717) is 0 Å². The van der Waals surface area contributed by atoms with Crippen molar-refractivity contribution in [2.24, 2.45) is 0 Å². The smallest absolute Gasteiger partial charge is 0.136 e. The molecule has 2 nitrogen and oxygen atoms in total. The van der Waals surface area contributed by atoms with E-state index in [9.17, 15) is 0 Å². The summed E-state index contributed by atoms with van der Waals surface area (Å²) in [7, 11) is 0. The van der Waals surface area contributed by atoms with Crippen molar-refractivity contribution in [3.05, 3.63) is 222 Å². The molecule has 11 aromatic rings. The predicted molar refractivity (Wildman–Crippen MR) is 243 cm³/mol. The first-order valence-corrected chi connectivity index (χ1v) is 20.7. The van der Waals surface area contributed by atoms with E-state index >= 15 is 0 Å². The summed E-state index contributed by atoms with van der Waals surface area (Å²) in [6, 6.07) is 73.8. The van der Waals surface area contributed by atoms with Gasteiger partial charge in [-0.25, -0.2) is 0 Å². The van der Waals surface area contributed by atoms with Crippen LogP contribution in [0.5, 0.6) is 0 Å². The van der Waals surface area contributed by atoms with Crippen molar-refractivity contribution >= 4 is 70.5 Å². The minimum Gasteiger partial charge on any atom is -0.456 e. The van der Waals surface area contributed by atoms with Crippen LogP contribution in [0.3, 0.4) is 0 Å². The molecule has 2 heterocycles. The van der Waals surface area contributed by atoms with Crippen LogP contribution in [0.2, 0.25) is 0 Å². The minimum absolute atomic E-state index is 0.421. The van der Waals surface area contributed by atoms with Crippen molar-refractivity contribution < 1.29 is 4.42 Å². The monoisotopic (exact) mass is 755 g/mol. The molecule has 2 aromatic heterocycles. The lowest BCUT2D eigenvalue weighted by molar-refractivity contribution is 0.669. The summed E-state index contributed by atoms with van der Waals surface area (Å²) < 4.78 is 8.88. The minimum atomic E-state index is -0.421. The van der Waals surface area contributed by atoms with Crippen molar-refractivity contribution in [2.45, 2.75) is 5.41 Å². The topological polar surface area (TPSA) is 16.4 Å². The van der Waals surface area contributed by atoms with Crippen LogP contribution in [0.4, 0.5) is 17.1 Å². The molecule has 2 aliphatic carbocycles. The molecule has 0 atom stereocenters. The van der Waals surface area contributed by atoms with Gasteiger partial charge in [0.05, 0.1) is 11.1 Å². The maximum absolute atomic E-state index is 6.30. The fourth-order valence-electron chi connectivity index (χ4n) is 10.3. The van der Waals surface area contributed by atoms with E-state index in [1.54, 1.807) is 0 Å². The lowest BCUT2D eigenvalue weighted by Crippen LogP contribution is -2.26. The molecule has 9 aromatic carbocycles. The summed E-state index contributed by atoms with van der Waals surface area (Å²) in [5.74, 6) is 0. The SMILES string of the molecule is c1ccc2c(c1)-c1ccccc1C21c2ccccc2-c2c(N(c3ccc(-c4ccc5c(c4)oc4ccccc45)cc3)c3ccc4c(c3)sc3ccccc34)cccc21. The average Bonchev–Trinajstić information content (AvgIpc) is 4.02. The number of hydrogen-bond acceptors (Lipinski definition) is 3. The highest BCUT2D eigenvalue weighted by Crippen LogP contribution is 2.64. The van der Waals surface area contributed by atoms with Crippen molar-refractivity contribution in [1.82, 2.24) is 0 Å². The molecule has 0 unspecified atom stereocenters. The molecule has 3 heteroatoms. The molecule has 0 saturated heterocycles. The second-order valence-corrected chi connectivity index (χ2v) is 16.6. The van der Waals surface area contributed by atoms with Crippen LogP contribution in [0.25, 0.3) is 75.5 Å². The van der Waals surface area contributed by atoms with Crippen LogP contribution in [-0.4, -0.2) is 0 Å². The summed E-state index contributed by atoms with van der Waals surface area (Å²) in [6.45, 7) is 0. The lowest BCUT2D eigenvalue weighted by atomic mass is 9.70. The molecule has 0 N–H and O–H groups in total. The number of fused-ring (bicyclic) bond motifs is 16. The molecular formula is C55H33NOS. The van der Waals surface area contributed by atoms with Gasteiger partial charge >= 0.3 is 0 Å². The van der Waals surface area contributed by atoms with Gasteiger partial charge in [0.1, 0.15) is 11.2 Å². The number of benzene rings is 9. The molecule has 0 saturated carbocycles. The standard InChI is InChI=1S/C55H33NOS/c1-6-17-45-38(12-1)39-13-2-7-18-46(39)55(45)47-19-8-3-16-44(47)54-48(55)20-11-21-49(54)56(37-29-31-43-42-15-5-10-23-52(42)58-53(43)33-37)36-27-24-34(25-28-36)35-26-30-41-40-14-4-9-22-50(40)57-51(41)32-35/h1-33H. The molecule has 13 rings (SSSR count). The lowest BCUT2D eigenvalue weighted by Gasteiger charge is -2.32. The maximum Gasteiger partial charge on any atom is 0.136 e. The van der Waals surface area contributed by atoms with E-state index in [1.165, 1.54) is 70.4 Å². The van der Waals surface area contributed by atoms with Crippen LogP contribution in [-0.2, 0) is 5.41 Å². The predicted octanol–water partition coefficient (Wildman–Crippen LogP) is 15.4. The Balaban J connectivity index is 1.04. The third kappa shape index (κ3) is 4.26. The molecule has 58 heavy (non-hydrogen) atoms. The Morgan fingerprint density at radius 3 is 1.74 bits per heavy atom. The van der Waals surface area contributed by atoms with Gasteiger partial charge in [-0.3, -0.25) is 0 Å². The Morgan fingerprint density at radius 2 is 0.948 bits per heavy atom. The van der Waals surface area contributed by atoms with Crippen LogP contribution in [0, 0.1) is 0 Å². The third-order valence-electron chi connectivity index (χ3n) is 12.7. The second kappa shape index (κ2) is 11.9. The van der Waals surface area contributed by atoms with Crippen LogP contribution in [0.15, 0.2) is 205 Å². The highest BCUT2D eigenvalue weighted by atomic mass is 32.1. The van der Waals surface area contributed by atoms with E-state index < -0.39 is 5.41 Å². The van der Waals surface area contributed by atoms with Crippen molar-refractivity contribution in [2.75, 3.05) is 4.90 Å². The normalized spacial score (nSPS) is 13.3. The highest BCUT2D eigenvalue weighted by molar-refractivity contribution is 7.25. The number of rotatable bonds is 4. The Kier molecular flexibility index (Phi) is 6.56. The average molecular weight is 756 g/mol. The van der Waals surface area contributed by atoms with Crippen LogP contribution in [0.1, 0.15) is 22.3 Å². The zero-order valence-corrected chi connectivity index (χ0v) is 32.1. The van der Waals surface area contributed by atoms with E-state index in [0.717, 1.165) is 44.4 Å². The zero-order chi connectivity index (χ0) is 38.0. The Morgan fingerprint density at radius 1 is 0.379 bits per heavy atom. The zero-order valence-electron chi connectivity index (χ0n) is 31.3. The number of hydrogen-bond donors (Lipinski definition) is 0. The summed E-state index contributed by atoms with van der Waals surface area (Å²) >= 11 is 1.86. The van der Waals surface area contributed by atoms with Gasteiger partial charge in [0.25, 0.3) is 0 Å². The van der Waals surface area contributed by atoms with Gasteiger partial charge in [-0.2, -0.15) is 0 Å². The molecule has 2 aliphatic rings. The van der Waals surface area contributed by atoms with Crippen molar-refractivity contribution in [3.63, 3.8) is 0 Å². The fourth-order valence-corrected chi connectivity index (χ4v) is 11.4. The molecule has 0 bridgehead atoms. The van der Waals surface area contributed by atoms with Crippen LogP contribution < -0.4 is 4.90 Å². The molecule has 0 fully saturated rings. The quantitative estimate of drug-likeness (QED) is 0.178. The first kappa shape index (κ1) is 31.9. The van der Waals surface area contributed by atoms with E-state index in [2.05, 4.69) is 193 Å². The van der Waals surface area contributed by atoms with Gasteiger partial charge in [0, 0.05) is 47.9 Å². The summed E-state index contributed by atoms with van der Waals surface area (Å²) in [4.78, 5) is 2.48. The molecule has 0 aliphatic heterocycles. The molecule has 270 valence electrons. The summed E-state index contributed by atoms with van der Waals surface area (Å²) in [5.41, 5.74) is 17.6. The van der Waals surface area contributed by atoms with Crippen molar-refractivity contribution in [3.8, 4) is 33.4 Å². The van der Waals surface area contributed by atoms with Gasteiger partial charge in [-0.1, -0.05) is 146 Å². The van der Waals surface area contributed by atoms with E-state index in [-0.39, 0.29) is 0 Å². The van der Waals surface area contributed by atoms with Gasteiger partial charge in [-0.15, -0.1) is 11.3 Å². The molecule has 0 amide bonds. The molecular weight excluding hydrogens is 723 g/mol. The Labute approximate surface area is 339 Å². The third-order valence-corrected chi connectivity index (χ3v) is 13.8. The van der Waals surface area contributed by atoms with E-state index in [1.807, 2.05) is 23.5 Å². The van der Waals surface area contributed by atoms with Gasteiger partial charge in [-0.05, 0) is 105 Å². The first-order chi connectivity index (χ1) is 28.8. The maximum atomic E-state index is 6.30. The fraction of sp³-hybridized carbons (Fsp3) is 0.0182. The van der Waals surface area contributed by atoms with Crippen molar-refractivity contribution in [1.29, 1.82) is 0 Å². The number of thiophene rings is 1. The van der Waals surface area contributed by atoms with E-state index in [4.69, 9.17) is 4.42 Å². The summed E-state index contributed by atoms with van der Waals surface area (Å²) in [5, 5.41) is 4.89. The van der Waals surface area contributed by atoms with Gasteiger partial charge in [0.15, 0.2) is 0 Å². The largest absolute Gasteiger partial charge is 0.456 e. The molecule has 1 spiro atoms. The highest BCUT2D eigenvalue weighted by Gasteiger charge is 2.52. The number of anilines is 3. The number of furan rings is 1. The van der Waals surface area contributed by atoms with Gasteiger partial charge < -0.3 is 9.32 Å². The Bertz CT molecular complexity index is 3430. The number of para-hydroxylation sites is 1. The summed E-state index contributed by atoms with van der Waals surface area (Å²) in [6.07, 6.45) is 0. The second-order valence-electron chi connectivity index (χ2n) is 15.6. The number of nitrogens with zero attached hydrogens (tertiary/aromatic N) is 1. The van der Waals surface area contributed by atoms with Gasteiger partial charge in [0.2, 0.25) is 0 Å². The Hall–Kier alpha value is -7.20. The van der Waals surface area contributed by atoms with Crippen LogP contribution >= 0.6 is 11.3 Å². The first-order valence-electron chi connectivity index (χ1n) is 19.9. The molecule has 0 radical (unpaired) electrons.